The van der Waals surface area contributed by atoms with Gasteiger partial charge < -0.3 is 9.88 Å². The van der Waals surface area contributed by atoms with Gasteiger partial charge in [0.25, 0.3) is 0 Å². The van der Waals surface area contributed by atoms with E-state index in [2.05, 4.69) is 22.0 Å². The first-order chi connectivity index (χ1) is 12.3. The highest BCUT2D eigenvalue weighted by Crippen LogP contribution is 2.30. The Hall–Kier alpha value is -1.84. The number of rotatable bonds is 4. The van der Waals surface area contributed by atoms with Gasteiger partial charge in [0.1, 0.15) is 5.82 Å². The van der Waals surface area contributed by atoms with Crippen molar-refractivity contribution < 1.29 is 4.79 Å². The van der Waals surface area contributed by atoms with Gasteiger partial charge in [0, 0.05) is 25.4 Å². The van der Waals surface area contributed by atoms with Crippen LogP contribution in [0.5, 0.6) is 0 Å². The highest BCUT2D eigenvalue weighted by molar-refractivity contribution is 5.76. The minimum absolute atomic E-state index is 0.369. The molecule has 4 heteroatoms. The molecule has 4 nitrogen and oxygen atoms in total. The molecule has 1 aliphatic carbocycles. The van der Waals surface area contributed by atoms with E-state index in [9.17, 15) is 4.79 Å². The molecule has 1 saturated carbocycles. The Labute approximate surface area is 150 Å². The van der Waals surface area contributed by atoms with Crippen molar-refractivity contribution in [3.05, 3.63) is 30.1 Å². The van der Waals surface area contributed by atoms with Gasteiger partial charge in [-0.25, -0.2) is 4.98 Å². The number of aromatic nitrogens is 2. The van der Waals surface area contributed by atoms with Crippen LogP contribution >= 0.6 is 0 Å². The number of hydrogen-bond acceptors (Lipinski definition) is 2. The summed E-state index contributed by atoms with van der Waals surface area (Å²) in [5.41, 5.74) is 2.16. The average Bonchev–Trinajstić information content (AvgIpc) is 3.11. The van der Waals surface area contributed by atoms with Gasteiger partial charge >= 0.3 is 0 Å². The van der Waals surface area contributed by atoms with E-state index in [1.165, 1.54) is 32.1 Å². The van der Waals surface area contributed by atoms with Crippen LogP contribution in [-0.2, 0) is 4.79 Å². The van der Waals surface area contributed by atoms with Gasteiger partial charge in [-0.1, -0.05) is 44.2 Å². The maximum absolute atomic E-state index is 12.5. The van der Waals surface area contributed by atoms with Gasteiger partial charge in [-0.05, 0) is 37.3 Å². The Morgan fingerprint density at radius 1 is 1.08 bits per heavy atom. The molecule has 1 N–H and O–H groups in total. The largest absolute Gasteiger partial charge is 0.343 e. The van der Waals surface area contributed by atoms with Gasteiger partial charge in [0.05, 0.1) is 11.0 Å². The quantitative estimate of drug-likeness (QED) is 0.883. The highest BCUT2D eigenvalue weighted by atomic mass is 16.2. The van der Waals surface area contributed by atoms with E-state index < -0.39 is 0 Å². The van der Waals surface area contributed by atoms with Crippen LogP contribution < -0.4 is 0 Å². The maximum atomic E-state index is 12.5. The predicted octanol–water partition coefficient (Wildman–Crippen LogP) is 4.63. The molecular formula is C21H29N3O. The van der Waals surface area contributed by atoms with E-state index in [0.717, 1.165) is 61.5 Å². The van der Waals surface area contributed by atoms with Crippen molar-refractivity contribution in [1.82, 2.24) is 14.9 Å². The molecule has 0 radical (unpaired) electrons. The van der Waals surface area contributed by atoms with Crippen molar-refractivity contribution in [2.75, 3.05) is 13.1 Å². The number of likely N-dealkylation sites (tertiary alicyclic amines) is 1. The predicted molar refractivity (Wildman–Crippen MR) is 100 cm³/mol. The zero-order valence-electron chi connectivity index (χ0n) is 15.0. The van der Waals surface area contributed by atoms with E-state index in [0.29, 0.717) is 11.8 Å². The van der Waals surface area contributed by atoms with Gasteiger partial charge in [-0.3, -0.25) is 4.79 Å². The monoisotopic (exact) mass is 339 g/mol. The van der Waals surface area contributed by atoms with Gasteiger partial charge in [0.15, 0.2) is 0 Å². The number of amides is 1. The standard InChI is InChI=1S/C21H29N3O/c25-20(11-10-16-6-2-1-3-7-16)24-14-12-17(13-15-24)21-22-18-8-4-5-9-19(18)23-21/h4-5,8-9,16-17H,1-3,6-7,10-15H2,(H,22,23). The number of para-hydroxylation sites is 2. The molecule has 0 unspecified atom stereocenters. The van der Waals surface area contributed by atoms with E-state index in [1.54, 1.807) is 0 Å². The summed E-state index contributed by atoms with van der Waals surface area (Å²) in [7, 11) is 0. The van der Waals surface area contributed by atoms with Gasteiger partial charge in [-0.15, -0.1) is 0 Å². The molecule has 2 aromatic rings. The third-order valence-corrected chi connectivity index (χ3v) is 6.13. The van der Waals surface area contributed by atoms with Crippen molar-refractivity contribution >= 4 is 16.9 Å². The fraction of sp³-hybridized carbons (Fsp3) is 0.619. The molecule has 1 aromatic carbocycles. The molecule has 25 heavy (non-hydrogen) atoms. The van der Waals surface area contributed by atoms with E-state index in [-0.39, 0.29) is 0 Å². The molecule has 1 amide bonds. The topological polar surface area (TPSA) is 49.0 Å². The lowest BCUT2D eigenvalue weighted by Crippen LogP contribution is -2.38. The number of carbonyl (C=O) groups excluding carboxylic acids is 1. The van der Waals surface area contributed by atoms with Crippen molar-refractivity contribution in [3.63, 3.8) is 0 Å². The van der Waals surface area contributed by atoms with Crippen LogP contribution in [-0.4, -0.2) is 33.9 Å². The van der Waals surface area contributed by atoms with Crippen molar-refractivity contribution in [3.8, 4) is 0 Å². The first-order valence-corrected chi connectivity index (χ1v) is 10.0. The third kappa shape index (κ3) is 3.88. The minimum atomic E-state index is 0.369. The normalized spacial score (nSPS) is 20.2. The first-order valence-electron chi connectivity index (χ1n) is 10.0. The van der Waals surface area contributed by atoms with Crippen LogP contribution in [0.25, 0.3) is 11.0 Å². The lowest BCUT2D eigenvalue weighted by atomic mass is 9.86. The molecule has 2 aliphatic rings. The number of nitrogens with zero attached hydrogens (tertiary/aromatic N) is 2. The second kappa shape index (κ2) is 7.59. The minimum Gasteiger partial charge on any atom is -0.343 e. The Balaban J connectivity index is 1.28. The number of carbonyl (C=O) groups is 1. The second-order valence-corrected chi connectivity index (χ2v) is 7.84. The zero-order valence-corrected chi connectivity index (χ0v) is 15.0. The number of nitrogens with one attached hydrogen (secondary N) is 1. The number of imidazole rings is 1. The molecule has 2 heterocycles. The molecule has 0 atom stereocenters. The summed E-state index contributed by atoms with van der Waals surface area (Å²) in [5.74, 6) is 2.71. The summed E-state index contributed by atoms with van der Waals surface area (Å²) in [5, 5.41) is 0. The number of piperidine rings is 1. The maximum Gasteiger partial charge on any atom is 0.222 e. The van der Waals surface area contributed by atoms with Gasteiger partial charge in [-0.2, -0.15) is 0 Å². The highest BCUT2D eigenvalue weighted by Gasteiger charge is 2.26. The van der Waals surface area contributed by atoms with E-state index in [4.69, 9.17) is 4.98 Å². The van der Waals surface area contributed by atoms with Gasteiger partial charge in [0.2, 0.25) is 5.91 Å². The third-order valence-electron chi connectivity index (χ3n) is 6.13. The van der Waals surface area contributed by atoms with E-state index >= 15 is 0 Å². The second-order valence-electron chi connectivity index (χ2n) is 7.84. The number of hydrogen-bond donors (Lipinski definition) is 1. The van der Waals surface area contributed by atoms with Crippen molar-refractivity contribution in [2.24, 2.45) is 5.92 Å². The number of fused-ring (bicyclic) bond motifs is 1. The van der Waals surface area contributed by atoms with Crippen LogP contribution in [0.3, 0.4) is 0 Å². The summed E-state index contributed by atoms with van der Waals surface area (Å²) in [4.78, 5) is 22.8. The van der Waals surface area contributed by atoms with Crippen LogP contribution in [0.4, 0.5) is 0 Å². The Bertz CT molecular complexity index is 676. The Kier molecular flexibility index (Phi) is 5.04. The summed E-state index contributed by atoms with van der Waals surface area (Å²) < 4.78 is 0. The zero-order chi connectivity index (χ0) is 17.1. The SMILES string of the molecule is O=C(CCC1CCCCC1)N1CCC(c2nc3ccccc3[nH]2)CC1. The lowest BCUT2D eigenvalue weighted by molar-refractivity contribution is -0.132. The van der Waals surface area contributed by atoms with Crippen LogP contribution in [0.1, 0.15) is 69.5 Å². The molecule has 0 spiro atoms. The fourth-order valence-corrected chi connectivity index (χ4v) is 4.53. The first kappa shape index (κ1) is 16.6. The molecule has 4 rings (SSSR count). The van der Waals surface area contributed by atoms with Crippen LogP contribution in [0.2, 0.25) is 0 Å². The Morgan fingerprint density at radius 2 is 1.84 bits per heavy atom. The van der Waals surface area contributed by atoms with Crippen LogP contribution in [0, 0.1) is 5.92 Å². The number of benzene rings is 1. The summed E-state index contributed by atoms with van der Waals surface area (Å²) in [6.45, 7) is 1.76. The van der Waals surface area contributed by atoms with Crippen molar-refractivity contribution in [1.29, 1.82) is 0 Å². The number of H-pyrrole nitrogens is 1. The molecule has 1 aliphatic heterocycles. The molecule has 0 bridgehead atoms. The average molecular weight is 339 g/mol. The fourth-order valence-electron chi connectivity index (χ4n) is 4.53. The van der Waals surface area contributed by atoms with Crippen molar-refractivity contribution in [2.45, 2.75) is 63.7 Å². The summed E-state index contributed by atoms with van der Waals surface area (Å²) >= 11 is 0. The summed E-state index contributed by atoms with van der Waals surface area (Å²) in [6.07, 6.45) is 10.7. The van der Waals surface area contributed by atoms with Crippen LogP contribution in [0.15, 0.2) is 24.3 Å². The molecule has 2 fully saturated rings. The molecule has 134 valence electrons. The smallest absolute Gasteiger partial charge is 0.222 e. The lowest BCUT2D eigenvalue weighted by Gasteiger charge is -2.32. The number of aromatic amines is 1. The molecule has 1 aromatic heterocycles. The van der Waals surface area contributed by atoms with E-state index in [1.807, 2.05) is 12.1 Å². The summed E-state index contributed by atoms with van der Waals surface area (Å²) in [6, 6.07) is 8.20. The molecular weight excluding hydrogens is 310 g/mol. The Morgan fingerprint density at radius 3 is 2.60 bits per heavy atom. The molecule has 1 saturated heterocycles.